The normalized spacial score (nSPS) is 10.7. The Morgan fingerprint density at radius 2 is 2.00 bits per heavy atom. The van der Waals surface area contributed by atoms with Gasteiger partial charge in [0.05, 0.1) is 6.54 Å². The molecule has 0 saturated carbocycles. The highest BCUT2D eigenvalue weighted by Gasteiger charge is 1.98. The van der Waals surface area contributed by atoms with Gasteiger partial charge in [-0.3, -0.25) is 0 Å². The second kappa shape index (κ2) is 6.62. The highest BCUT2D eigenvalue weighted by Crippen LogP contribution is 2.07. The summed E-state index contributed by atoms with van der Waals surface area (Å²) in [6.07, 6.45) is 2.12. The van der Waals surface area contributed by atoms with Gasteiger partial charge in [-0.15, -0.1) is 0 Å². The van der Waals surface area contributed by atoms with Crippen LogP contribution < -0.4 is 10.6 Å². The zero-order valence-corrected chi connectivity index (χ0v) is 9.10. The molecule has 14 heavy (non-hydrogen) atoms. The van der Waals surface area contributed by atoms with Crippen molar-refractivity contribution >= 4 is 0 Å². The van der Waals surface area contributed by atoms with E-state index in [9.17, 15) is 0 Å². The summed E-state index contributed by atoms with van der Waals surface area (Å²) in [6, 6.07) is 4.09. The molecule has 1 aromatic rings. The lowest BCUT2D eigenvalue weighted by Crippen LogP contribution is -2.19. The molecule has 2 N–H and O–H groups in total. The molecule has 0 aliphatic heterocycles. The summed E-state index contributed by atoms with van der Waals surface area (Å²) >= 11 is 0. The van der Waals surface area contributed by atoms with E-state index in [0.29, 0.717) is 0 Å². The number of aryl methyl sites for hydroxylation is 1. The van der Waals surface area contributed by atoms with Gasteiger partial charge in [-0.05, 0) is 38.7 Å². The Hall–Kier alpha value is -0.800. The molecule has 3 heteroatoms. The average Bonchev–Trinajstić information content (AvgIpc) is 2.65. The summed E-state index contributed by atoms with van der Waals surface area (Å²) in [5.74, 6) is 2.10. The monoisotopic (exact) mass is 196 g/mol. The molecule has 0 unspecified atom stereocenters. The molecule has 0 aromatic carbocycles. The average molecular weight is 196 g/mol. The van der Waals surface area contributed by atoms with Crippen molar-refractivity contribution in [3.05, 3.63) is 23.7 Å². The fourth-order valence-electron chi connectivity index (χ4n) is 1.31. The summed E-state index contributed by atoms with van der Waals surface area (Å²) < 4.78 is 5.56. The standard InChI is InChI=1S/C11H20N2O/c1-3-10-5-6-11(14-10)9-13-8-4-7-12-2/h5-6,12-13H,3-4,7-9H2,1-2H3. The van der Waals surface area contributed by atoms with Crippen molar-refractivity contribution < 1.29 is 4.42 Å². The predicted molar refractivity (Wildman–Crippen MR) is 58.3 cm³/mol. The molecule has 0 atom stereocenters. The number of rotatable bonds is 7. The maximum absolute atomic E-state index is 5.56. The molecule has 0 fully saturated rings. The summed E-state index contributed by atoms with van der Waals surface area (Å²) in [6.45, 7) is 5.03. The topological polar surface area (TPSA) is 37.2 Å². The summed E-state index contributed by atoms with van der Waals surface area (Å²) in [5, 5.41) is 6.46. The Morgan fingerprint density at radius 3 is 2.64 bits per heavy atom. The van der Waals surface area contributed by atoms with E-state index in [1.54, 1.807) is 0 Å². The molecule has 3 nitrogen and oxygen atoms in total. The molecule has 0 bridgehead atoms. The smallest absolute Gasteiger partial charge is 0.117 e. The van der Waals surface area contributed by atoms with Crippen molar-refractivity contribution in [1.82, 2.24) is 10.6 Å². The minimum absolute atomic E-state index is 0.837. The maximum Gasteiger partial charge on any atom is 0.117 e. The quantitative estimate of drug-likeness (QED) is 0.650. The van der Waals surface area contributed by atoms with Crippen molar-refractivity contribution in [2.45, 2.75) is 26.3 Å². The first-order valence-electron chi connectivity index (χ1n) is 5.29. The fourth-order valence-corrected chi connectivity index (χ4v) is 1.31. The van der Waals surface area contributed by atoms with Crippen LogP contribution in [0.1, 0.15) is 24.9 Å². The highest BCUT2D eigenvalue weighted by molar-refractivity contribution is 5.06. The SMILES string of the molecule is CCc1ccc(CNCCCNC)o1. The lowest BCUT2D eigenvalue weighted by atomic mass is 10.3. The van der Waals surface area contributed by atoms with Crippen molar-refractivity contribution in [2.24, 2.45) is 0 Å². The van der Waals surface area contributed by atoms with Crippen LogP contribution in [-0.4, -0.2) is 20.1 Å². The van der Waals surface area contributed by atoms with E-state index in [-0.39, 0.29) is 0 Å². The minimum atomic E-state index is 0.837. The molecular weight excluding hydrogens is 176 g/mol. The molecule has 1 aromatic heterocycles. The first kappa shape index (κ1) is 11.3. The van der Waals surface area contributed by atoms with Gasteiger partial charge in [0.15, 0.2) is 0 Å². The van der Waals surface area contributed by atoms with Crippen LogP contribution in [0.4, 0.5) is 0 Å². The molecule has 0 amide bonds. The summed E-state index contributed by atoms with van der Waals surface area (Å²) in [5.41, 5.74) is 0. The lowest BCUT2D eigenvalue weighted by Gasteiger charge is -2.01. The minimum Gasteiger partial charge on any atom is -0.465 e. The van der Waals surface area contributed by atoms with Crippen LogP contribution in [0, 0.1) is 0 Å². The zero-order valence-electron chi connectivity index (χ0n) is 9.10. The van der Waals surface area contributed by atoms with Gasteiger partial charge in [0, 0.05) is 6.42 Å². The fraction of sp³-hybridized carbons (Fsp3) is 0.636. The number of hydrogen-bond donors (Lipinski definition) is 2. The molecule has 1 rings (SSSR count). The van der Waals surface area contributed by atoms with Gasteiger partial charge in [-0.1, -0.05) is 6.92 Å². The van der Waals surface area contributed by atoms with E-state index in [4.69, 9.17) is 4.42 Å². The van der Waals surface area contributed by atoms with E-state index in [1.807, 2.05) is 19.2 Å². The van der Waals surface area contributed by atoms with Gasteiger partial charge >= 0.3 is 0 Å². The number of furan rings is 1. The molecule has 0 spiro atoms. The second-order valence-corrected chi connectivity index (χ2v) is 3.36. The van der Waals surface area contributed by atoms with Crippen molar-refractivity contribution in [1.29, 1.82) is 0 Å². The van der Waals surface area contributed by atoms with Crippen LogP contribution in [-0.2, 0) is 13.0 Å². The summed E-state index contributed by atoms with van der Waals surface area (Å²) in [4.78, 5) is 0. The van der Waals surface area contributed by atoms with E-state index in [0.717, 1.165) is 44.0 Å². The summed E-state index contributed by atoms with van der Waals surface area (Å²) in [7, 11) is 1.97. The van der Waals surface area contributed by atoms with Gasteiger partial charge in [0.25, 0.3) is 0 Å². The van der Waals surface area contributed by atoms with Crippen LogP contribution in [0.15, 0.2) is 16.5 Å². The van der Waals surface area contributed by atoms with Crippen molar-refractivity contribution in [3.8, 4) is 0 Å². The maximum atomic E-state index is 5.56. The second-order valence-electron chi connectivity index (χ2n) is 3.36. The van der Waals surface area contributed by atoms with Gasteiger partial charge in [-0.25, -0.2) is 0 Å². The highest BCUT2D eigenvalue weighted by atomic mass is 16.3. The molecule has 0 saturated heterocycles. The third kappa shape index (κ3) is 3.94. The third-order valence-electron chi connectivity index (χ3n) is 2.15. The lowest BCUT2D eigenvalue weighted by molar-refractivity contribution is 0.449. The molecule has 80 valence electrons. The Bertz CT molecular complexity index is 245. The Kier molecular flexibility index (Phi) is 5.33. The van der Waals surface area contributed by atoms with Crippen molar-refractivity contribution in [2.75, 3.05) is 20.1 Å². The zero-order chi connectivity index (χ0) is 10.2. The van der Waals surface area contributed by atoms with Gasteiger partial charge in [0.2, 0.25) is 0 Å². The first-order valence-corrected chi connectivity index (χ1v) is 5.29. The van der Waals surface area contributed by atoms with E-state index in [1.165, 1.54) is 0 Å². The molecule has 1 heterocycles. The third-order valence-corrected chi connectivity index (χ3v) is 2.15. The van der Waals surface area contributed by atoms with Crippen LogP contribution in [0.3, 0.4) is 0 Å². The Morgan fingerprint density at radius 1 is 1.21 bits per heavy atom. The molecule has 0 radical (unpaired) electrons. The molecule has 0 aliphatic rings. The Balaban J connectivity index is 2.12. The Labute approximate surface area is 85.9 Å². The number of nitrogens with one attached hydrogen (secondary N) is 2. The van der Waals surface area contributed by atoms with Crippen LogP contribution in [0.2, 0.25) is 0 Å². The van der Waals surface area contributed by atoms with Gasteiger partial charge in [-0.2, -0.15) is 0 Å². The first-order chi connectivity index (χ1) is 6.86. The van der Waals surface area contributed by atoms with E-state index >= 15 is 0 Å². The number of hydrogen-bond acceptors (Lipinski definition) is 3. The van der Waals surface area contributed by atoms with Crippen LogP contribution in [0.5, 0.6) is 0 Å². The largest absolute Gasteiger partial charge is 0.465 e. The van der Waals surface area contributed by atoms with Crippen LogP contribution in [0.25, 0.3) is 0 Å². The molecular formula is C11H20N2O. The van der Waals surface area contributed by atoms with Crippen molar-refractivity contribution in [3.63, 3.8) is 0 Å². The van der Waals surface area contributed by atoms with E-state index < -0.39 is 0 Å². The van der Waals surface area contributed by atoms with Gasteiger partial charge < -0.3 is 15.1 Å². The van der Waals surface area contributed by atoms with Crippen LogP contribution >= 0.6 is 0 Å². The van der Waals surface area contributed by atoms with Gasteiger partial charge in [0.1, 0.15) is 11.5 Å². The van der Waals surface area contributed by atoms with E-state index in [2.05, 4.69) is 17.6 Å². The molecule has 0 aliphatic carbocycles. The predicted octanol–water partition coefficient (Wildman–Crippen LogP) is 1.54.